The van der Waals surface area contributed by atoms with Gasteiger partial charge in [0.15, 0.2) is 0 Å². The standard InChI is InChI=1S/C19H32N2O2/c1-3-4-5-6-7-8-9-10-15-21(17(2)16-19(22)23)18-11-13-20-14-12-18/h11-14,17H,3-10,15-16H2,1-2H3,(H,22,23). The molecule has 130 valence electrons. The van der Waals surface area contributed by atoms with Crippen molar-refractivity contribution in [3.63, 3.8) is 0 Å². The summed E-state index contributed by atoms with van der Waals surface area (Å²) in [5.74, 6) is -0.743. The van der Waals surface area contributed by atoms with E-state index in [1.54, 1.807) is 12.4 Å². The van der Waals surface area contributed by atoms with Crippen molar-refractivity contribution >= 4 is 11.7 Å². The molecule has 1 aromatic heterocycles. The first-order valence-electron chi connectivity index (χ1n) is 9.03. The molecule has 0 amide bonds. The zero-order chi connectivity index (χ0) is 16.9. The third kappa shape index (κ3) is 8.58. The topological polar surface area (TPSA) is 53.4 Å². The van der Waals surface area contributed by atoms with E-state index in [-0.39, 0.29) is 12.5 Å². The molecular weight excluding hydrogens is 288 g/mol. The quantitative estimate of drug-likeness (QED) is 0.526. The van der Waals surface area contributed by atoms with E-state index < -0.39 is 5.97 Å². The molecule has 1 aromatic rings. The van der Waals surface area contributed by atoms with Gasteiger partial charge in [-0.15, -0.1) is 0 Å². The van der Waals surface area contributed by atoms with Gasteiger partial charge in [0, 0.05) is 30.7 Å². The van der Waals surface area contributed by atoms with E-state index in [0.717, 1.165) is 18.7 Å². The number of aromatic nitrogens is 1. The molecule has 1 rings (SSSR count). The van der Waals surface area contributed by atoms with E-state index in [1.165, 1.54) is 44.9 Å². The zero-order valence-electron chi connectivity index (χ0n) is 14.7. The Morgan fingerprint density at radius 1 is 1.09 bits per heavy atom. The minimum Gasteiger partial charge on any atom is -0.481 e. The summed E-state index contributed by atoms with van der Waals surface area (Å²) in [5, 5.41) is 9.05. The van der Waals surface area contributed by atoms with Crippen molar-refractivity contribution in [1.29, 1.82) is 0 Å². The lowest BCUT2D eigenvalue weighted by Gasteiger charge is -2.30. The number of pyridine rings is 1. The summed E-state index contributed by atoms with van der Waals surface area (Å²) < 4.78 is 0. The molecule has 4 nitrogen and oxygen atoms in total. The van der Waals surface area contributed by atoms with Crippen LogP contribution in [0.15, 0.2) is 24.5 Å². The van der Waals surface area contributed by atoms with Crippen LogP contribution >= 0.6 is 0 Å². The summed E-state index contributed by atoms with van der Waals surface area (Å²) in [6.07, 6.45) is 14.0. The lowest BCUT2D eigenvalue weighted by Crippen LogP contribution is -2.35. The number of carboxylic acids is 1. The van der Waals surface area contributed by atoms with Gasteiger partial charge >= 0.3 is 5.97 Å². The highest BCUT2D eigenvalue weighted by Gasteiger charge is 2.17. The van der Waals surface area contributed by atoms with Crippen LogP contribution in [0.3, 0.4) is 0 Å². The molecule has 0 bridgehead atoms. The van der Waals surface area contributed by atoms with Crippen LogP contribution in [0.4, 0.5) is 5.69 Å². The molecule has 0 fully saturated rings. The van der Waals surface area contributed by atoms with Gasteiger partial charge in [0.2, 0.25) is 0 Å². The van der Waals surface area contributed by atoms with Crippen LogP contribution in [0.5, 0.6) is 0 Å². The van der Waals surface area contributed by atoms with Crippen molar-refractivity contribution in [3.05, 3.63) is 24.5 Å². The minimum atomic E-state index is -0.743. The van der Waals surface area contributed by atoms with Crippen LogP contribution in [0, 0.1) is 0 Å². The Kier molecular flexibility index (Phi) is 10.1. The SMILES string of the molecule is CCCCCCCCCCN(c1ccncc1)C(C)CC(=O)O. The third-order valence-corrected chi connectivity index (χ3v) is 4.25. The van der Waals surface area contributed by atoms with Crippen LogP contribution in [0.25, 0.3) is 0 Å². The van der Waals surface area contributed by atoms with E-state index >= 15 is 0 Å². The largest absolute Gasteiger partial charge is 0.481 e. The van der Waals surface area contributed by atoms with E-state index in [9.17, 15) is 4.79 Å². The molecule has 0 saturated heterocycles. The molecule has 0 aliphatic carbocycles. The van der Waals surface area contributed by atoms with Gasteiger partial charge in [-0.3, -0.25) is 9.78 Å². The Morgan fingerprint density at radius 2 is 1.65 bits per heavy atom. The highest BCUT2D eigenvalue weighted by molar-refractivity contribution is 5.68. The lowest BCUT2D eigenvalue weighted by atomic mass is 10.1. The molecule has 1 atom stereocenters. The van der Waals surface area contributed by atoms with Crippen LogP contribution in [-0.4, -0.2) is 28.6 Å². The van der Waals surface area contributed by atoms with Gasteiger partial charge < -0.3 is 10.0 Å². The van der Waals surface area contributed by atoms with E-state index in [0.29, 0.717) is 0 Å². The number of anilines is 1. The molecule has 0 saturated carbocycles. The smallest absolute Gasteiger partial charge is 0.305 e. The van der Waals surface area contributed by atoms with Crippen molar-refractivity contribution in [1.82, 2.24) is 4.98 Å². The van der Waals surface area contributed by atoms with Crippen LogP contribution in [-0.2, 0) is 4.79 Å². The van der Waals surface area contributed by atoms with Gasteiger partial charge in [-0.05, 0) is 25.5 Å². The van der Waals surface area contributed by atoms with Gasteiger partial charge in [0.1, 0.15) is 0 Å². The predicted octanol–water partition coefficient (Wildman–Crippen LogP) is 4.89. The Labute approximate surface area is 140 Å². The summed E-state index contributed by atoms with van der Waals surface area (Å²) >= 11 is 0. The van der Waals surface area contributed by atoms with Crippen LogP contribution in [0.2, 0.25) is 0 Å². The fourth-order valence-corrected chi connectivity index (χ4v) is 2.92. The molecule has 1 unspecified atom stereocenters. The average molecular weight is 320 g/mol. The van der Waals surface area contributed by atoms with Gasteiger partial charge in [-0.1, -0.05) is 51.9 Å². The molecule has 0 spiro atoms. The Balaban J connectivity index is 2.37. The first-order chi connectivity index (χ1) is 11.1. The number of nitrogens with zero attached hydrogens (tertiary/aromatic N) is 2. The van der Waals surface area contributed by atoms with Crippen molar-refractivity contribution in [2.24, 2.45) is 0 Å². The molecule has 4 heteroatoms. The normalized spacial score (nSPS) is 12.1. The van der Waals surface area contributed by atoms with Crippen molar-refractivity contribution in [2.45, 2.75) is 77.7 Å². The van der Waals surface area contributed by atoms with E-state index in [2.05, 4.69) is 16.8 Å². The maximum atomic E-state index is 11.0. The second kappa shape index (κ2) is 11.9. The number of carboxylic acid groups (broad SMARTS) is 1. The van der Waals surface area contributed by atoms with Crippen molar-refractivity contribution in [3.8, 4) is 0 Å². The molecule has 0 aliphatic rings. The average Bonchev–Trinajstić information content (AvgIpc) is 2.53. The number of unbranched alkanes of at least 4 members (excludes halogenated alkanes) is 7. The molecule has 0 radical (unpaired) electrons. The molecular formula is C19H32N2O2. The second-order valence-corrected chi connectivity index (χ2v) is 6.32. The number of rotatable bonds is 13. The molecule has 23 heavy (non-hydrogen) atoms. The number of hydrogen-bond donors (Lipinski definition) is 1. The van der Waals surface area contributed by atoms with Gasteiger partial charge in [-0.25, -0.2) is 0 Å². The number of hydrogen-bond acceptors (Lipinski definition) is 3. The first kappa shape index (κ1) is 19.5. The monoisotopic (exact) mass is 320 g/mol. The Morgan fingerprint density at radius 3 is 2.22 bits per heavy atom. The van der Waals surface area contributed by atoms with Crippen molar-refractivity contribution in [2.75, 3.05) is 11.4 Å². The number of carbonyl (C=O) groups is 1. The molecule has 0 aliphatic heterocycles. The molecule has 0 aromatic carbocycles. The highest BCUT2D eigenvalue weighted by atomic mass is 16.4. The van der Waals surface area contributed by atoms with Crippen LogP contribution < -0.4 is 4.90 Å². The minimum absolute atomic E-state index is 0.000505. The van der Waals surface area contributed by atoms with E-state index in [1.807, 2.05) is 19.1 Å². The second-order valence-electron chi connectivity index (χ2n) is 6.32. The van der Waals surface area contributed by atoms with E-state index in [4.69, 9.17) is 5.11 Å². The molecule has 1 heterocycles. The zero-order valence-corrected chi connectivity index (χ0v) is 14.7. The maximum absolute atomic E-state index is 11.0. The fraction of sp³-hybridized carbons (Fsp3) is 0.684. The predicted molar refractivity (Wildman–Crippen MR) is 95.9 cm³/mol. The maximum Gasteiger partial charge on any atom is 0.305 e. The summed E-state index contributed by atoms with van der Waals surface area (Å²) in [6.45, 7) is 5.14. The molecule has 1 N–H and O–H groups in total. The Bertz CT molecular complexity index is 423. The summed E-state index contributed by atoms with van der Waals surface area (Å²) in [6, 6.07) is 3.92. The van der Waals surface area contributed by atoms with Gasteiger partial charge in [0.25, 0.3) is 0 Å². The van der Waals surface area contributed by atoms with Gasteiger partial charge in [-0.2, -0.15) is 0 Å². The van der Waals surface area contributed by atoms with Crippen LogP contribution in [0.1, 0.15) is 71.6 Å². The summed E-state index contributed by atoms with van der Waals surface area (Å²) in [4.78, 5) is 17.3. The third-order valence-electron chi connectivity index (χ3n) is 4.25. The number of aliphatic carboxylic acids is 1. The van der Waals surface area contributed by atoms with Gasteiger partial charge in [0.05, 0.1) is 6.42 Å². The fourth-order valence-electron chi connectivity index (χ4n) is 2.92. The summed E-state index contributed by atoms with van der Waals surface area (Å²) in [5.41, 5.74) is 1.07. The summed E-state index contributed by atoms with van der Waals surface area (Å²) in [7, 11) is 0. The lowest BCUT2D eigenvalue weighted by molar-refractivity contribution is -0.137. The highest BCUT2D eigenvalue weighted by Crippen LogP contribution is 2.19. The van der Waals surface area contributed by atoms with Crippen molar-refractivity contribution < 1.29 is 9.90 Å². The Hall–Kier alpha value is -1.58. The first-order valence-corrected chi connectivity index (χ1v) is 9.03.